The monoisotopic (exact) mass is 312 g/mol. The molecule has 0 atom stereocenters. The van der Waals surface area contributed by atoms with Crippen molar-refractivity contribution in [3.05, 3.63) is 41.5 Å². The normalized spacial score (nSPS) is 31.7. The lowest BCUT2D eigenvalue weighted by molar-refractivity contribution is 0.165. The SMILES string of the molecule is C.CC=Cc1ccc(C2CCC(C3CCC(C)CC3)CC2)cc1. The van der Waals surface area contributed by atoms with Crippen LogP contribution in [0.3, 0.4) is 0 Å². The van der Waals surface area contributed by atoms with E-state index < -0.39 is 0 Å². The van der Waals surface area contributed by atoms with Gasteiger partial charge in [-0.1, -0.05) is 63.6 Å². The van der Waals surface area contributed by atoms with Gasteiger partial charge in [0, 0.05) is 0 Å². The van der Waals surface area contributed by atoms with Crippen molar-refractivity contribution >= 4 is 6.08 Å². The first-order chi connectivity index (χ1) is 10.8. The topological polar surface area (TPSA) is 0 Å². The van der Waals surface area contributed by atoms with Crippen LogP contribution in [0.1, 0.15) is 89.7 Å². The van der Waals surface area contributed by atoms with Gasteiger partial charge in [-0.25, -0.2) is 0 Å². The van der Waals surface area contributed by atoms with Gasteiger partial charge in [0.05, 0.1) is 0 Å². The van der Waals surface area contributed by atoms with Crippen molar-refractivity contribution in [3.8, 4) is 0 Å². The molecule has 0 saturated heterocycles. The Morgan fingerprint density at radius 2 is 1.30 bits per heavy atom. The van der Waals surface area contributed by atoms with Gasteiger partial charge in [0.2, 0.25) is 0 Å². The van der Waals surface area contributed by atoms with Crippen molar-refractivity contribution in [2.45, 2.75) is 78.6 Å². The molecule has 0 unspecified atom stereocenters. The highest BCUT2D eigenvalue weighted by Crippen LogP contribution is 2.43. The molecule has 0 radical (unpaired) electrons. The Morgan fingerprint density at radius 3 is 1.83 bits per heavy atom. The molecule has 0 N–H and O–H groups in total. The predicted molar refractivity (Wildman–Crippen MR) is 104 cm³/mol. The smallest absolute Gasteiger partial charge is 0.0162 e. The lowest BCUT2D eigenvalue weighted by atomic mass is 9.68. The Hall–Kier alpha value is -1.04. The number of hydrogen-bond acceptors (Lipinski definition) is 0. The van der Waals surface area contributed by atoms with Crippen LogP contribution in [0.5, 0.6) is 0 Å². The third-order valence-corrected chi connectivity index (χ3v) is 6.27. The molecule has 2 aliphatic carbocycles. The number of benzene rings is 1. The van der Waals surface area contributed by atoms with E-state index in [0.717, 1.165) is 23.7 Å². The summed E-state index contributed by atoms with van der Waals surface area (Å²) >= 11 is 0. The van der Waals surface area contributed by atoms with Crippen LogP contribution in [0.4, 0.5) is 0 Å². The first-order valence-electron chi connectivity index (χ1n) is 9.49. The van der Waals surface area contributed by atoms with Crippen molar-refractivity contribution in [2.24, 2.45) is 17.8 Å². The molecule has 23 heavy (non-hydrogen) atoms. The van der Waals surface area contributed by atoms with E-state index in [1.807, 2.05) is 0 Å². The fraction of sp³-hybridized carbons (Fsp3) is 0.652. The Morgan fingerprint density at radius 1 is 0.783 bits per heavy atom. The molecule has 0 heterocycles. The first kappa shape index (κ1) is 18.3. The maximum absolute atomic E-state index is 2.44. The number of hydrogen-bond donors (Lipinski definition) is 0. The average Bonchev–Trinajstić information content (AvgIpc) is 2.57. The Labute approximate surface area is 144 Å². The van der Waals surface area contributed by atoms with E-state index in [0.29, 0.717) is 0 Å². The van der Waals surface area contributed by atoms with Gasteiger partial charge in [-0.3, -0.25) is 0 Å². The van der Waals surface area contributed by atoms with Gasteiger partial charge in [0.25, 0.3) is 0 Å². The molecule has 1 aromatic carbocycles. The summed E-state index contributed by atoms with van der Waals surface area (Å²) in [6.45, 7) is 4.52. The van der Waals surface area contributed by atoms with Gasteiger partial charge in [-0.05, 0) is 80.2 Å². The van der Waals surface area contributed by atoms with Crippen LogP contribution < -0.4 is 0 Å². The second-order valence-corrected chi connectivity index (χ2v) is 7.80. The highest BCUT2D eigenvalue weighted by atomic mass is 14.4. The van der Waals surface area contributed by atoms with Crippen LogP contribution >= 0.6 is 0 Å². The minimum atomic E-state index is 0. The second-order valence-electron chi connectivity index (χ2n) is 7.80. The molecule has 1 aromatic rings. The zero-order valence-corrected chi connectivity index (χ0v) is 14.4. The van der Waals surface area contributed by atoms with Gasteiger partial charge in [0.15, 0.2) is 0 Å². The van der Waals surface area contributed by atoms with E-state index >= 15 is 0 Å². The lowest BCUT2D eigenvalue weighted by Gasteiger charge is -2.37. The maximum Gasteiger partial charge on any atom is -0.0162 e. The molecule has 2 saturated carbocycles. The molecule has 0 aromatic heterocycles. The fourth-order valence-corrected chi connectivity index (χ4v) is 4.75. The van der Waals surface area contributed by atoms with Gasteiger partial charge in [-0.2, -0.15) is 0 Å². The minimum absolute atomic E-state index is 0. The predicted octanol–water partition coefficient (Wildman–Crippen LogP) is 7.46. The maximum atomic E-state index is 2.44. The van der Waals surface area contributed by atoms with Crippen molar-refractivity contribution in [2.75, 3.05) is 0 Å². The second kappa shape index (κ2) is 8.71. The summed E-state index contributed by atoms with van der Waals surface area (Å²) in [5, 5.41) is 0. The van der Waals surface area contributed by atoms with E-state index in [4.69, 9.17) is 0 Å². The van der Waals surface area contributed by atoms with Crippen LogP contribution in [0.15, 0.2) is 30.3 Å². The lowest BCUT2D eigenvalue weighted by Crippen LogP contribution is -2.24. The van der Waals surface area contributed by atoms with E-state index in [1.54, 1.807) is 5.56 Å². The third kappa shape index (κ3) is 4.72. The van der Waals surface area contributed by atoms with Crippen LogP contribution in [0.2, 0.25) is 0 Å². The van der Waals surface area contributed by atoms with Gasteiger partial charge >= 0.3 is 0 Å². The number of allylic oxidation sites excluding steroid dienone is 1. The molecule has 0 bridgehead atoms. The zero-order valence-electron chi connectivity index (χ0n) is 14.4. The molecular weight excluding hydrogens is 276 g/mol. The van der Waals surface area contributed by atoms with Crippen molar-refractivity contribution in [3.63, 3.8) is 0 Å². The summed E-state index contributed by atoms with van der Waals surface area (Å²) in [6, 6.07) is 9.29. The Bertz CT molecular complexity index is 465. The first-order valence-corrected chi connectivity index (χ1v) is 9.49. The Balaban J connectivity index is 0.00000192. The molecule has 0 spiro atoms. The highest BCUT2D eigenvalue weighted by molar-refractivity contribution is 5.49. The average molecular weight is 313 g/mol. The molecule has 0 nitrogen and oxygen atoms in total. The van der Waals surface area contributed by atoms with Crippen molar-refractivity contribution < 1.29 is 0 Å². The Kier molecular flexibility index (Phi) is 6.93. The summed E-state index contributed by atoms with van der Waals surface area (Å²) < 4.78 is 0. The summed E-state index contributed by atoms with van der Waals surface area (Å²) in [6.07, 6.45) is 16.1. The van der Waals surface area contributed by atoms with Gasteiger partial charge < -0.3 is 0 Å². The van der Waals surface area contributed by atoms with E-state index in [1.165, 1.54) is 56.9 Å². The van der Waals surface area contributed by atoms with Gasteiger partial charge in [-0.15, -0.1) is 0 Å². The van der Waals surface area contributed by atoms with Crippen molar-refractivity contribution in [1.29, 1.82) is 0 Å². The molecule has 2 fully saturated rings. The molecule has 128 valence electrons. The summed E-state index contributed by atoms with van der Waals surface area (Å²) in [7, 11) is 0. The molecule has 2 aliphatic rings. The largest absolute Gasteiger partial charge is 0.0871 e. The third-order valence-electron chi connectivity index (χ3n) is 6.27. The highest BCUT2D eigenvalue weighted by Gasteiger charge is 2.30. The van der Waals surface area contributed by atoms with Crippen LogP contribution in [0.25, 0.3) is 6.08 Å². The quantitative estimate of drug-likeness (QED) is 0.543. The molecule has 0 amide bonds. The summed E-state index contributed by atoms with van der Waals surface area (Å²) in [4.78, 5) is 0. The fourth-order valence-electron chi connectivity index (χ4n) is 4.75. The van der Waals surface area contributed by atoms with Crippen LogP contribution in [-0.2, 0) is 0 Å². The molecule has 0 heteroatoms. The number of rotatable bonds is 3. The summed E-state index contributed by atoms with van der Waals surface area (Å²) in [5.74, 6) is 3.89. The molecular formula is C23H36. The van der Waals surface area contributed by atoms with Crippen LogP contribution in [-0.4, -0.2) is 0 Å². The summed E-state index contributed by atoms with van der Waals surface area (Å²) in [5.41, 5.74) is 2.90. The van der Waals surface area contributed by atoms with E-state index in [-0.39, 0.29) is 7.43 Å². The zero-order chi connectivity index (χ0) is 15.4. The standard InChI is InChI=1S/C22H32.CH4/c1-3-4-18-7-11-20(12-8-18)22-15-13-21(14-16-22)19-9-5-17(2)6-10-19;/h3-4,7-8,11-12,17,19,21-22H,5-6,9-10,13-16H2,1-2H3;1H4. The molecule has 0 aliphatic heterocycles. The van der Waals surface area contributed by atoms with Gasteiger partial charge in [0.1, 0.15) is 0 Å². The molecule has 3 rings (SSSR count). The van der Waals surface area contributed by atoms with Crippen molar-refractivity contribution in [1.82, 2.24) is 0 Å². The van der Waals surface area contributed by atoms with Crippen LogP contribution in [0, 0.1) is 17.8 Å². The minimum Gasteiger partial charge on any atom is -0.0871 e. The van der Waals surface area contributed by atoms with E-state index in [2.05, 4.69) is 50.3 Å². The van der Waals surface area contributed by atoms with E-state index in [9.17, 15) is 0 Å².